The van der Waals surface area contributed by atoms with Crippen LogP contribution in [0.15, 0.2) is 24.3 Å². The van der Waals surface area contributed by atoms with Gasteiger partial charge in [0.2, 0.25) is 0 Å². The lowest BCUT2D eigenvalue weighted by molar-refractivity contribution is 0.208. The van der Waals surface area contributed by atoms with E-state index in [1.807, 2.05) is 0 Å². The van der Waals surface area contributed by atoms with Crippen LogP contribution in [0.3, 0.4) is 0 Å². The van der Waals surface area contributed by atoms with Gasteiger partial charge in [-0.05, 0) is 60.5 Å². The third-order valence-electron chi connectivity index (χ3n) is 9.06. The molecule has 0 aromatic heterocycles. The molecule has 2 fully saturated rings. The van der Waals surface area contributed by atoms with E-state index in [0.717, 1.165) is 23.7 Å². The number of hydrogen-bond donors (Lipinski definition) is 0. The minimum Gasteiger partial charge on any atom is -0.0654 e. The van der Waals surface area contributed by atoms with E-state index in [-0.39, 0.29) is 0 Å². The fraction of sp³-hybridized carbons (Fsp3) is 0.812. The first kappa shape index (κ1) is 25.8. The van der Waals surface area contributed by atoms with Crippen molar-refractivity contribution in [2.75, 3.05) is 0 Å². The van der Waals surface area contributed by atoms with Crippen molar-refractivity contribution in [3.05, 3.63) is 35.4 Å². The smallest absolute Gasteiger partial charge is 0.0276 e. The van der Waals surface area contributed by atoms with Crippen LogP contribution in [0.1, 0.15) is 141 Å². The quantitative estimate of drug-likeness (QED) is 0.253. The molecule has 0 heteroatoms. The van der Waals surface area contributed by atoms with E-state index >= 15 is 0 Å². The fourth-order valence-electron chi connectivity index (χ4n) is 6.59. The molecule has 182 valence electrons. The monoisotopic (exact) mass is 438 g/mol. The third-order valence-corrected chi connectivity index (χ3v) is 9.06. The summed E-state index contributed by atoms with van der Waals surface area (Å²) in [5.74, 6) is 4.19. The van der Waals surface area contributed by atoms with Crippen LogP contribution in [-0.4, -0.2) is 0 Å². The summed E-state index contributed by atoms with van der Waals surface area (Å²) in [6, 6.07) is 9.60. The van der Waals surface area contributed by atoms with E-state index in [9.17, 15) is 0 Å². The number of aryl methyl sites for hydroxylation is 2. The van der Waals surface area contributed by atoms with Crippen molar-refractivity contribution in [3.8, 4) is 0 Å². The summed E-state index contributed by atoms with van der Waals surface area (Å²) >= 11 is 0. The number of rotatable bonds is 14. The largest absolute Gasteiger partial charge is 0.0654 e. The Hall–Kier alpha value is -0.780. The highest BCUT2D eigenvalue weighted by molar-refractivity contribution is 5.22. The molecule has 2 saturated carbocycles. The molecule has 0 N–H and O–H groups in total. The van der Waals surface area contributed by atoms with Crippen LogP contribution in [-0.2, 0) is 12.8 Å². The molecule has 3 rings (SSSR count). The van der Waals surface area contributed by atoms with Gasteiger partial charge in [-0.3, -0.25) is 0 Å². The molecule has 32 heavy (non-hydrogen) atoms. The molecule has 1 aromatic rings. The zero-order valence-corrected chi connectivity index (χ0v) is 21.8. The van der Waals surface area contributed by atoms with Crippen LogP contribution in [0.25, 0.3) is 0 Å². The topological polar surface area (TPSA) is 0 Å². The Morgan fingerprint density at radius 2 is 0.875 bits per heavy atom. The summed E-state index contributed by atoms with van der Waals surface area (Å²) in [5.41, 5.74) is 3.10. The van der Waals surface area contributed by atoms with E-state index < -0.39 is 0 Å². The predicted molar refractivity (Wildman–Crippen MR) is 142 cm³/mol. The Morgan fingerprint density at radius 3 is 1.38 bits per heavy atom. The Labute approximate surface area is 201 Å². The summed E-state index contributed by atoms with van der Waals surface area (Å²) in [5, 5.41) is 0. The van der Waals surface area contributed by atoms with E-state index in [1.165, 1.54) is 102 Å². The highest BCUT2D eigenvalue weighted by atomic mass is 14.3. The third kappa shape index (κ3) is 9.61. The fourth-order valence-corrected chi connectivity index (χ4v) is 6.59. The lowest BCUT2D eigenvalue weighted by Gasteiger charge is -2.32. The van der Waals surface area contributed by atoms with E-state index in [0.29, 0.717) is 0 Å². The predicted octanol–water partition coefficient (Wildman–Crippen LogP) is 10.3. The van der Waals surface area contributed by atoms with Crippen molar-refractivity contribution in [1.82, 2.24) is 0 Å². The summed E-state index contributed by atoms with van der Waals surface area (Å²) in [6.45, 7) is 4.62. The maximum absolute atomic E-state index is 2.41. The maximum atomic E-state index is 2.41. The van der Waals surface area contributed by atoms with Crippen LogP contribution in [0.4, 0.5) is 0 Å². The van der Waals surface area contributed by atoms with Gasteiger partial charge in [-0.2, -0.15) is 0 Å². The average molecular weight is 439 g/mol. The molecular weight excluding hydrogens is 384 g/mol. The van der Waals surface area contributed by atoms with Crippen molar-refractivity contribution < 1.29 is 0 Å². The molecule has 2 aliphatic carbocycles. The average Bonchev–Trinajstić information content (AvgIpc) is 2.84. The van der Waals surface area contributed by atoms with Crippen LogP contribution in [0.2, 0.25) is 0 Å². The summed E-state index contributed by atoms with van der Waals surface area (Å²) in [7, 11) is 0. The van der Waals surface area contributed by atoms with E-state index in [2.05, 4.69) is 38.1 Å². The van der Waals surface area contributed by atoms with E-state index in [1.54, 1.807) is 37.7 Å². The Bertz CT molecular complexity index is 569. The number of unbranched alkanes of at least 4 members (excludes halogenated alkanes) is 4. The lowest BCUT2D eigenvalue weighted by atomic mass is 9.74. The van der Waals surface area contributed by atoms with E-state index in [4.69, 9.17) is 0 Å². The minimum atomic E-state index is 0.994. The summed E-state index contributed by atoms with van der Waals surface area (Å²) < 4.78 is 0. The molecule has 0 aliphatic heterocycles. The van der Waals surface area contributed by atoms with Gasteiger partial charge < -0.3 is 0 Å². The van der Waals surface area contributed by atoms with Gasteiger partial charge in [0, 0.05) is 0 Å². The first-order chi connectivity index (χ1) is 15.8. The molecule has 0 bridgehead atoms. The van der Waals surface area contributed by atoms with Gasteiger partial charge in [0.15, 0.2) is 0 Å². The highest BCUT2D eigenvalue weighted by Crippen LogP contribution is 2.38. The van der Waals surface area contributed by atoms with Gasteiger partial charge in [0.05, 0.1) is 0 Å². The molecule has 0 saturated heterocycles. The van der Waals surface area contributed by atoms with Crippen molar-refractivity contribution in [1.29, 1.82) is 0 Å². The molecule has 0 atom stereocenters. The van der Waals surface area contributed by atoms with Gasteiger partial charge in [-0.15, -0.1) is 0 Å². The zero-order valence-electron chi connectivity index (χ0n) is 21.8. The van der Waals surface area contributed by atoms with Gasteiger partial charge >= 0.3 is 0 Å². The SMILES string of the molecule is CCCCCc1ccc(CCC2CCC(CCC3CCC(CCCCC)CC3)CC2)cc1. The number of benzene rings is 1. The molecular formula is C32H54. The van der Waals surface area contributed by atoms with Gasteiger partial charge in [0.25, 0.3) is 0 Å². The van der Waals surface area contributed by atoms with Crippen LogP contribution in [0.5, 0.6) is 0 Å². The van der Waals surface area contributed by atoms with Crippen molar-refractivity contribution in [2.45, 2.75) is 142 Å². The first-order valence-corrected chi connectivity index (χ1v) is 14.8. The molecule has 0 heterocycles. The Morgan fingerprint density at radius 1 is 0.469 bits per heavy atom. The molecule has 0 amide bonds. The molecule has 1 aromatic carbocycles. The van der Waals surface area contributed by atoms with Gasteiger partial charge in [-0.1, -0.05) is 141 Å². The Kier molecular flexibility index (Phi) is 12.3. The second kappa shape index (κ2) is 15.2. The van der Waals surface area contributed by atoms with Crippen molar-refractivity contribution >= 4 is 0 Å². The molecule has 0 unspecified atom stereocenters. The lowest BCUT2D eigenvalue weighted by Crippen LogP contribution is -2.18. The summed E-state index contributed by atoms with van der Waals surface area (Å²) in [4.78, 5) is 0. The van der Waals surface area contributed by atoms with Crippen LogP contribution < -0.4 is 0 Å². The van der Waals surface area contributed by atoms with Gasteiger partial charge in [-0.25, -0.2) is 0 Å². The second-order valence-electron chi connectivity index (χ2n) is 11.7. The number of hydrogen-bond acceptors (Lipinski definition) is 0. The zero-order chi connectivity index (χ0) is 22.4. The highest BCUT2D eigenvalue weighted by Gasteiger charge is 2.24. The normalized spacial score (nSPS) is 26.3. The maximum Gasteiger partial charge on any atom is -0.0276 e. The molecule has 0 nitrogen and oxygen atoms in total. The van der Waals surface area contributed by atoms with Crippen LogP contribution in [0, 0.1) is 23.7 Å². The minimum absolute atomic E-state index is 0.994. The van der Waals surface area contributed by atoms with Crippen LogP contribution >= 0.6 is 0 Å². The molecule has 2 aliphatic rings. The molecule has 0 radical (unpaired) electrons. The van der Waals surface area contributed by atoms with Crippen molar-refractivity contribution in [3.63, 3.8) is 0 Å². The van der Waals surface area contributed by atoms with Crippen molar-refractivity contribution in [2.24, 2.45) is 23.7 Å². The Balaban J connectivity index is 1.23. The first-order valence-electron chi connectivity index (χ1n) is 14.8. The second-order valence-corrected chi connectivity index (χ2v) is 11.7. The standard InChI is InChI=1S/C32H54/c1-3-5-7-9-27-11-15-29(16-12-27)19-21-31-23-25-32(26-24-31)22-20-30-17-13-28(14-18-30)10-8-6-4-2/h11-12,15-16,28,30-32H,3-10,13-14,17-26H2,1-2H3. The summed E-state index contributed by atoms with van der Waals surface area (Å²) in [6.07, 6.45) is 29.2. The van der Waals surface area contributed by atoms with Gasteiger partial charge in [0.1, 0.15) is 0 Å². The molecule has 0 spiro atoms.